The standard InChI is InChI=1S/C5H10N2O/c6-4-5(7)2-1-3-8/h1-2,4,8H,3,6-7H2/b2-1-,5-4+. The smallest absolute Gasteiger partial charge is 0.0616 e. The van der Waals surface area contributed by atoms with Gasteiger partial charge in [-0.15, -0.1) is 0 Å². The van der Waals surface area contributed by atoms with Gasteiger partial charge in [0.2, 0.25) is 0 Å². The number of aliphatic hydroxyl groups excluding tert-OH is 1. The van der Waals surface area contributed by atoms with E-state index in [1.165, 1.54) is 12.3 Å². The van der Waals surface area contributed by atoms with Crippen molar-refractivity contribution in [1.82, 2.24) is 0 Å². The van der Waals surface area contributed by atoms with E-state index in [4.69, 9.17) is 16.6 Å². The molecule has 0 aliphatic carbocycles. The molecule has 0 radical (unpaired) electrons. The molecule has 3 heteroatoms. The van der Waals surface area contributed by atoms with Crippen molar-refractivity contribution < 1.29 is 5.11 Å². The Morgan fingerprint density at radius 1 is 1.62 bits per heavy atom. The van der Waals surface area contributed by atoms with E-state index >= 15 is 0 Å². The summed E-state index contributed by atoms with van der Waals surface area (Å²) in [5.74, 6) is 0. The molecule has 0 spiro atoms. The molecule has 0 amide bonds. The molecule has 0 saturated carbocycles. The lowest BCUT2D eigenvalue weighted by atomic mass is 10.4. The summed E-state index contributed by atoms with van der Waals surface area (Å²) in [6, 6.07) is 0. The summed E-state index contributed by atoms with van der Waals surface area (Å²) >= 11 is 0. The molecule has 0 unspecified atom stereocenters. The molecule has 0 fully saturated rings. The van der Waals surface area contributed by atoms with Gasteiger partial charge in [0.1, 0.15) is 0 Å². The fraction of sp³-hybridized carbons (Fsp3) is 0.200. The molecule has 0 rings (SSSR count). The van der Waals surface area contributed by atoms with E-state index in [-0.39, 0.29) is 6.61 Å². The van der Waals surface area contributed by atoms with E-state index in [0.29, 0.717) is 5.70 Å². The van der Waals surface area contributed by atoms with Gasteiger partial charge in [-0.25, -0.2) is 0 Å². The third-order valence-corrected chi connectivity index (χ3v) is 0.608. The maximum Gasteiger partial charge on any atom is 0.0616 e. The van der Waals surface area contributed by atoms with Crippen LogP contribution < -0.4 is 11.5 Å². The first-order valence-electron chi connectivity index (χ1n) is 2.26. The van der Waals surface area contributed by atoms with Gasteiger partial charge in [0.15, 0.2) is 0 Å². The second-order valence-corrected chi connectivity index (χ2v) is 1.25. The molecule has 0 aliphatic rings. The number of allylic oxidation sites excluding steroid dienone is 1. The van der Waals surface area contributed by atoms with E-state index in [2.05, 4.69) is 0 Å². The van der Waals surface area contributed by atoms with Crippen LogP contribution in [0.25, 0.3) is 0 Å². The summed E-state index contributed by atoms with van der Waals surface area (Å²) < 4.78 is 0. The quantitative estimate of drug-likeness (QED) is 0.415. The molecule has 0 saturated heterocycles. The summed E-state index contributed by atoms with van der Waals surface area (Å²) in [5, 5.41) is 8.20. The van der Waals surface area contributed by atoms with Gasteiger partial charge in [-0.05, 0) is 6.08 Å². The molecule has 0 aliphatic heterocycles. The summed E-state index contributed by atoms with van der Waals surface area (Å²) in [6.07, 6.45) is 4.32. The number of nitrogens with two attached hydrogens (primary N) is 2. The van der Waals surface area contributed by atoms with E-state index in [1.807, 2.05) is 0 Å². The maximum atomic E-state index is 8.20. The highest BCUT2D eigenvalue weighted by Gasteiger charge is 1.73. The topological polar surface area (TPSA) is 72.3 Å². The lowest BCUT2D eigenvalue weighted by Crippen LogP contribution is -1.96. The van der Waals surface area contributed by atoms with E-state index in [0.717, 1.165) is 0 Å². The van der Waals surface area contributed by atoms with Crippen molar-refractivity contribution >= 4 is 0 Å². The van der Waals surface area contributed by atoms with Crippen LogP contribution in [0, 0.1) is 0 Å². The zero-order valence-electron chi connectivity index (χ0n) is 4.54. The zero-order chi connectivity index (χ0) is 6.41. The van der Waals surface area contributed by atoms with Gasteiger partial charge in [0, 0.05) is 11.9 Å². The lowest BCUT2D eigenvalue weighted by Gasteiger charge is -1.84. The molecule has 0 bridgehead atoms. The van der Waals surface area contributed by atoms with Crippen molar-refractivity contribution in [3.05, 3.63) is 24.0 Å². The summed E-state index contributed by atoms with van der Waals surface area (Å²) in [4.78, 5) is 0. The fourth-order valence-electron chi connectivity index (χ4n) is 0.244. The number of hydrogen-bond donors (Lipinski definition) is 3. The van der Waals surface area contributed by atoms with Gasteiger partial charge in [0.25, 0.3) is 0 Å². The van der Waals surface area contributed by atoms with Gasteiger partial charge in [0.05, 0.1) is 6.61 Å². The first-order valence-corrected chi connectivity index (χ1v) is 2.26. The summed E-state index contributed by atoms with van der Waals surface area (Å²) in [5.41, 5.74) is 10.6. The fourth-order valence-corrected chi connectivity index (χ4v) is 0.244. The normalized spacial score (nSPS) is 12.9. The largest absolute Gasteiger partial charge is 0.403 e. The average Bonchev–Trinajstić information content (AvgIpc) is 1.83. The molecule has 0 aromatic carbocycles. The van der Waals surface area contributed by atoms with Crippen LogP contribution in [0.3, 0.4) is 0 Å². The van der Waals surface area contributed by atoms with E-state index < -0.39 is 0 Å². The second kappa shape index (κ2) is 4.21. The Balaban J connectivity index is 3.53. The van der Waals surface area contributed by atoms with Crippen LogP contribution in [-0.4, -0.2) is 11.7 Å². The molecular weight excluding hydrogens is 104 g/mol. The molecule has 5 N–H and O–H groups in total. The van der Waals surface area contributed by atoms with Crippen LogP contribution in [0.15, 0.2) is 24.0 Å². The van der Waals surface area contributed by atoms with Crippen LogP contribution in [-0.2, 0) is 0 Å². The molecule has 46 valence electrons. The Morgan fingerprint density at radius 3 is 2.62 bits per heavy atom. The number of hydrogen-bond acceptors (Lipinski definition) is 3. The van der Waals surface area contributed by atoms with Crippen molar-refractivity contribution in [2.75, 3.05) is 6.61 Å². The van der Waals surface area contributed by atoms with Gasteiger partial charge < -0.3 is 16.6 Å². The maximum absolute atomic E-state index is 8.20. The van der Waals surface area contributed by atoms with Crippen molar-refractivity contribution in [1.29, 1.82) is 0 Å². The summed E-state index contributed by atoms with van der Waals surface area (Å²) in [6.45, 7) is -0.00542. The minimum absolute atomic E-state index is 0.00542. The van der Waals surface area contributed by atoms with Crippen LogP contribution >= 0.6 is 0 Å². The minimum atomic E-state index is -0.00542. The van der Waals surface area contributed by atoms with Crippen LogP contribution in [0.1, 0.15) is 0 Å². The third kappa shape index (κ3) is 3.24. The van der Waals surface area contributed by atoms with Gasteiger partial charge in [-0.3, -0.25) is 0 Å². The molecule has 0 aromatic rings. The highest BCUT2D eigenvalue weighted by atomic mass is 16.2. The third-order valence-electron chi connectivity index (χ3n) is 0.608. The SMILES string of the molecule is N/C=C(N)\C=C/CO. The Kier molecular flexibility index (Phi) is 3.70. The van der Waals surface area contributed by atoms with Gasteiger partial charge in [-0.2, -0.15) is 0 Å². The Hall–Kier alpha value is -0.960. The van der Waals surface area contributed by atoms with Gasteiger partial charge in [-0.1, -0.05) is 6.08 Å². The second-order valence-electron chi connectivity index (χ2n) is 1.25. The molecule has 3 nitrogen and oxygen atoms in total. The molecule has 8 heavy (non-hydrogen) atoms. The molecule has 0 heterocycles. The van der Waals surface area contributed by atoms with E-state index in [1.54, 1.807) is 6.08 Å². The van der Waals surface area contributed by atoms with Crippen molar-refractivity contribution in [2.45, 2.75) is 0 Å². The first kappa shape index (κ1) is 7.04. The van der Waals surface area contributed by atoms with Crippen molar-refractivity contribution in [3.8, 4) is 0 Å². The average molecular weight is 114 g/mol. The molecular formula is C5H10N2O. The number of aliphatic hydroxyl groups is 1. The van der Waals surface area contributed by atoms with Crippen molar-refractivity contribution in [3.63, 3.8) is 0 Å². The summed E-state index contributed by atoms with van der Waals surface area (Å²) in [7, 11) is 0. The monoisotopic (exact) mass is 114 g/mol. The minimum Gasteiger partial charge on any atom is -0.403 e. The Morgan fingerprint density at radius 2 is 2.25 bits per heavy atom. The highest BCUT2D eigenvalue weighted by molar-refractivity contribution is 5.12. The lowest BCUT2D eigenvalue weighted by molar-refractivity contribution is 0.342. The Labute approximate surface area is 48.3 Å². The predicted molar refractivity (Wildman–Crippen MR) is 32.7 cm³/mol. The van der Waals surface area contributed by atoms with Crippen molar-refractivity contribution in [2.24, 2.45) is 11.5 Å². The van der Waals surface area contributed by atoms with Crippen LogP contribution in [0.4, 0.5) is 0 Å². The predicted octanol–water partition coefficient (Wildman–Crippen LogP) is -0.706. The van der Waals surface area contributed by atoms with Crippen LogP contribution in [0.2, 0.25) is 0 Å². The van der Waals surface area contributed by atoms with E-state index in [9.17, 15) is 0 Å². The van der Waals surface area contributed by atoms with Crippen LogP contribution in [0.5, 0.6) is 0 Å². The zero-order valence-corrected chi connectivity index (χ0v) is 4.54. The Bertz CT molecular complexity index is 107. The molecule has 0 atom stereocenters. The highest BCUT2D eigenvalue weighted by Crippen LogP contribution is 1.79. The van der Waals surface area contributed by atoms with Gasteiger partial charge >= 0.3 is 0 Å². The molecule has 0 aromatic heterocycles. The first-order chi connectivity index (χ1) is 3.81. The number of rotatable bonds is 2.